The molecule has 0 fully saturated rings. The molecule has 0 unspecified atom stereocenters. The Kier molecular flexibility index (Phi) is 5.30. The Hall–Kier alpha value is -1.55. The standard InChI is InChI=1S/C9H13N3O/c1-8(2)7-9(13)12(5-3-10)6-4-11/h8H,5-7H2,1-2H3. The summed E-state index contributed by atoms with van der Waals surface area (Å²) in [4.78, 5) is 12.6. The molecule has 0 aliphatic heterocycles. The van der Waals surface area contributed by atoms with E-state index in [9.17, 15) is 4.79 Å². The molecular weight excluding hydrogens is 166 g/mol. The summed E-state index contributed by atoms with van der Waals surface area (Å²) in [7, 11) is 0. The van der Waals surface area contributed by atoms with Crippen LogP contribution in [0.2, 0.25) is 0 Å². The molecule has 0 bridgehead atoms. The number of rotatable bonds is 4. The molecule has 0 saturated heterocycles. The van der Waals surface area contributed by atoms with Crippen LogP contribution in [0, 0.1) is 28.6 Å². The first-order valence-corrected chi connectivity index (χ1v) is 4.13. The highest BCUT2D eigenvalue weighted by molar-refractivity contribution is 5.76. The number of carbonyl (C=O) groups is 1. The minimum Gasteiger partial charge on any atom is -0.316 e. The van der Waals surface area contributed by atoms with Crippen molar-refractivity contribution < 1.29 is 4.79 Å². The Morgan fingerprint density at radius 3 is 2.08 bits per heavy atom. The van der Waals surface area contributed by atoms with E-state index >= 15 is 0 Å². The molecule has 0 rings (SSSR count). The summed E-state index contributed by atoms with van der Waals surface area (Å²) in [6, 6.07) is 3.72. The molecule has 0 aromatic carbocycles. The summed E-state index contributed by atoms with van der Waals surface area (Å²) in [6.07, 6.45) is 0.392. The molecule has 0 spiro atoms. The average molecular weight is 179 g/mol. The normalized spacial score (nSPS) is 9.00. The Bertz CT molecular complexity index is 231. The van der Waals surface area contributed by atoms with Crippen LogP contribution in [0.3, 0.4) is 0 Å². The minimum atomic E-state index is -0.127. The summed E-state index contributed by atoms with van der Waals surface area (Å²) in [5.74, 6) is 0.130. The number of hydrogen-bond acceptors (Lipinski definition) is 3. The van der Waals surface area contributed by atoms with Gasteiger partial charge in [-0.25, -0.2) is 0 Å². The quantitative estimate of drug-likeness (QED) is 0.602. The number of nitrogens with zero attached hydrogens (tertiary/aromatic N) is 3. The number of hydrogen-bond donors (Lipinski definition) is 0. The lowest BCUT2D eigenvalue weighted by Crippen LogP contribution is -2.32. The Labute approximate surface area is 78.4 Å². The van der Waals surface area contributed by atoms with Crippen molar-refractivity contribution in [2.45, 2.75) is 20.3 Å². The highest BCUT2D eigenvalue weighted by Gasteiger charge is 2.13. The summed E-state index contributed by atoms with van der Waals surface area (Å²) in [6.45, 7) is 3.85. The second kappa shape index (κ2) is 6.02. The fourth-order valence-electron chi connectivity index (χ4n) is 0.881. The van der Waals surface area contributed by atoms with Crippen molar-refractivity contribution in [3.63, 3.8) is 0 Å². The van der Waals surface area contributed by atoms with E-state index in [1.165, 1.54) is 4.90 Å². The molecular formula is C9H13N3O. The molecule has 0 N–H and O–H groups in total. The van der Waals surface area contributed by atoms with Crippen molar-refractivity contribution in [3.8, 4) is 12.1 Å². The zero-order valence-electron chi connectivity index (χ0n) is 7.95. The topological polar surface area (TPSA) is 67.9 Å². The molecule has 0 heterocycles. The summed E-state index contributed by atoms with van der Waals surface area (Å²) in [5.41, 5.74) is 0. The molecule has 0 aliphatic carbocycles. The van der Waals surface area contributed by atoms with Gasteiger partial charge in [0, 0.05) is 6.42 Å². The number of nitriles is 2. The van der Waals surface area contributed by atoms with Crippen LogP contribution in [-0.2, 0) is 4.79 Å². The lowest BCUT2D eigenvalue weighted by molar-refractivity contribution is -0.130. The van der Waals surface area contributed by atoms with Crippen LogP contribution in [0.4, 0.5) is 0 Å². The highest BCUT2D eigenvalue weighted by Crippen LogP contribution is 2.03. The van der Waals surface area contributed by atoms with Crippen LogP contribution < -0.4 is 0 Å². The van der Waals surface area contributed by atoms with Crippen molar-refractivity contribution in [1.29, 1.82) is 10.5 Å². The SMILES string of the molecule is CC(C)CC(=O)N(CC#N)CC#N. The largest absolute Gasteiger partial charge is 0.316 e. The fourth-order valence-corrected chi connectivity index (χ4v) is 0.881. The Morgan fingerprint density at radius 1 is 1.31 bits per heavy atom. The zero-order valence-corrected chi connectivity index (χ0v) is 7.95. The molecule has 0 atom stereocenters. The maximum absolute atomic E-state index is 11.4. The van der Waals surface area contributed by atoms with Gasteiger partial charge in [0.25, 0.3) is 0 Å². The number of carbonyl (C=O) groups excluding carboxylic acids is 1. The lowest BCUT2D eigenvalue weighted by Gasteiger charge is -2.16. The first kappa shape index (κ1) is 11.4. The second-order valence-electron chi connectivity index (χ2n) is 3.16. The van der Waals surface area contributed by atoms with Gasteiger partial charge in [0.15, 0.2) is 0 Å². The van der Waals surface area contributed by atoms with Gasteiger partial charge in [-0.2, -0.15) is 10.5 Å². The molecule has 4 nitrogen and oxygen atoms in total. The first-order chi connectivity index (χ1) is 6.11. The summed E-state index contributed by atoms with van der Waals surface area (Å²) in [5, 5.41) is 16.8. The van der Waals surface area contributed by atoms with Crippen LogP contribution in [0.5, 0.6) is 0 Å². The van der Waals surface area contributed by atoms with Gasteiger partial charge >= 0.3 is 0 Å². The van der Waals surface area contributed by atoms with Gasteiger partial charge in [-0.05, 0) is 5.92 Å². The van der Waals surface area contributed by atoms with E-state index in [4.69, 9.17) is 10.5 Å². The predicted octanol–water partition coefficient (Wildman–Crippen LogP) is 0.908. The van der Waals surface area contributed by atoms with Gasteiger partial charge < -0.3 is 4.90 Å². The van der Waals surface area contributed by atoms with Gasteiger partial charge in [0.2, 0.25) is 5.91 Å². The van der Waals surface area contributed by atoms with Crippen LogP contribution >= 0.6 is 0 Å². The second-order valence-corrected chi connectivity index (χ2v) is 3.16. The maximum Gasteiger partial charge on any atom is 0.224 e. The third-order valence-electron chi connectivity index (χ3n) is 1.46. The molecule has 4 heteroatoms. The molecule has 1 amide bonds. The van der Waals surface area contributed by atoms with Crippen LogP contribution in [-0.4, -0.2) is 23.9 Å². The maximum atomic E-state index is 11.4. The summed E-state index contributed by atoms with van der Waals surface area (Å²) < 4.78 is 0. The third kappa shape index (κ3) is 4.81. The molecule has 0 aliphatic rings. The third-order valence-corrected chi connectivity index (χ3v) is 1.46. The molecule has 13 heavy (non-hydrogen) atoms. The first-order valence-electron chi connectivity index (χ1n) is 4.13. The predicted molar refractivity (Wildman–Crippen MR) is 47.3 cm³/mol. The van der Waals surface area contributed by atoms with E-state index < -0.39 is 0 Å². The fraction of sp³-hybridized carbons (Fsp3) is 0.667. The number of amides is 1. The van der Waals surface area contributed by atoms with E-state index in [1.807, 2.05) is 26.0 Å². The molecule has 0 saturated carbocycles. The average Bonchev–Trinajstić information content (AvgIpc) is 2.02. The highest BCUT2D eigenvalue weighted by atomic mass is 16.2. The van der Waals surface area contributed by atoms with Crippen molar-refractivity contribution in [1.82, 2.24) is 4.90 Å². The van der Waals surface area contributed by atoms with E-state index in [-0.39, 0.29) is 24.9 Å². The van der Waals surface area contributed by atoms with Crippen molar-refractivity contribution >= 4 is 5.91 Å². The Morgan fingerprint density at radius 2 is 1.77 bits per heavy atom. The van der Waals surface area contributed by atoms with Crippen molar-refractivity contribution in [2.24, 2.45) is 5.92 Å². The van der Waals surface area contributed by atoms with E-state index in [2.05, 4.69) is 0 Å². The molecule has 0 aromatic rings. The van der Waals surface area contributed by atoms with E-state index in [1.54, 1.807) is 0 Å². The van der Waals surface area contributed by atoms with Gasteiger partial charge in [-0.15, -0.1) is 0 Å². The smallest absolute Gasteiger partial charge is 0.224 e. The van der Waals surface area contributed by atoms with Gasteiger partial charge in [-0.1, -0.05) is 13.8 Å². The molecule has 70 valence electrons. The molecule has 0 aromatic heterocycles. The van der Waals surface area contributed by atoms with Crippen LogP contribution in [0.15, 0.2) is 0 Å². The Balaban J connectivity index is 4.14. The summed E-state index contributed by atoms with van der Waals surface area (Å²) >= 11 is 0. The zero-order chi connectivity index (χ0) is 10.3. The van der Waals surface area contributed by atoms with Crippen molar-refractivity contribution in [3.05, 3.63) is 0 Å². The van der Waals surface area contributed by atoms with Crippen LogP contribution in [0.25, 0.3) is 0 Å². The monoisotopic (exact) mass is 179 g/mol. The van der Waals surface area contributed by atoms with E-state index in [0.29, 0.717) is 6.42 Å². The van der Waals surface area contributed by atoms with Gasteiger partial charge in [-0.3, -0.25) is 4.79 Å². The molecule has 0 radical (unpaired) electrons. The van der Waals surface area contributed by atoms with Gasteiger partial charge in [0.05, 0.1) is 12.1 Å². The van der Waals surface area contributed by atoms with Crippen molar-refractivity contribution in [2.75, 3.05) is 13.1 Å². The van der Waals surface area contributed by atoms with E-state index in [0.717, 1.165) is 0 Å². The lowest BCUT2D eigenvalue weighted by atomic mass is 10.1. The van der Waals surface area contributed by atoms with Gasteiger partial charge in [0.1, 0.15) is 13.1 Å². The minimum absolute atomic E-state index is 0.000880. The van der Waals surface area contributed by atoms with Crippen LogP contribution in [0.1, 0.15) is 20.3 Å².